The van der Waals surface area contributed by atoms with Gasteiger partial charge < -0.3 is 5.32 Å². The first-order chi connectivity index (χ1) is 8.08. The molecule has 0 aromatic carbocycles. The minimum absolute atomic E-state index is 0.0411. The van der Waals surface area contributed by atoms with E-state index in [0.717, 1.165) is 17.3 Å². The zero-order chi connectivity index (χ0) is 12.7. The number of carbonyl (C=O) groups excluding carboxylic acids is 1. The second-order valence-corrected chi connectivity index (χ2v) is 5.46. The number of halogens is 1. The summed E-state index contributed by atoms with van der Waals surface area (Å²) in [5.74, 6) is 1.36. The van der Waals surface area contributed by atoms with Crippen LogP contribution in [0.1, 0.15) is 39.5 Å². The first-order valence-corrected chi connectivity index (χ1v) is 6.78. The fraction of sp³-hybridized carbons (Fsp3) is 0.538. The minimum atomic E-state index is 0.0411. The van der Waals surface area contributed by atoms with E-state index in [1.807, 2.05) is 6.07 Å². The van der Waals surface area contributed by atoms with Crippen LogP contribution in [0, 0.1) is 5.92 Å². The largest absolute Gasteiger partial charge is 0.311 e. The van der Waals surface area contributed by atoms with Gasteiger partial charge in [-0.2, -0.15) is 0 Å². The molecule has 1 N–H and O–H groups in total. The Morgan fingerprint density at radius 1 is 1.47 bits per heavy atom. The first-order valence-electron chi connectivity index (χ1n) is 5.99. The average molecular weight is 299 g/mol. The molecule has 0 unspecified atom stereocenters. The van der Waals surface area contributed by atoms with Gasteiger partial charge >= 0.3 is 0 Å². The standard InChI is InChI=1S/C13H19BrN2O/c1-10(2)5-3-4-6-13(17)16-12-9-11(14)7-8-15-12/h7-10H,3-6H2,1-2H3,(H,15,16,17). The Balaban J connectivity index is 2.25. The normalized spacial score (nSPS) is 10.6. The summed E-state index contributed by atoms with van der Waals surface area (Å²) in [4.78, 5) is 15.7. The van der Waals surface area contributed by atoms with E-state index in [9.17, 15) is 4.79 Å². The molecule has 0 spiro atoms. The highest BCUT2D eigenvalue weighted by Gasteiger charge is 2.03. The van der Waals surface area contributed by atoms with Gasteiger partial charge in [-0.3, -0.25) is 4.79 Å². The molecule has 0 radical (unpaired) electrons. The predicted molar refractivity (Wildman–Crippen MR) is 73.9 cm³/mol. The van der Waals surface area contributed by atoms with E-state index in [4.69, 9.17) is 0 Å². The molecule has 1 heterocycles. The summed E-state index contributed by atoms with van der Waals surface area (Å²) in [6, 6.07) is 3.63. The van der Waals surface area contributed by atoms with Crippen molar-refractivity contribution in [3.8, 4) is 0 Å². The number of unbranched alkanes of at least 4 members (excludes halogenated alkanes) is 1. The van der Waals surface area contributed by atoms with Gasteiger partial charge in [0.1, 0.15) is 5.82 Å². The monoisotopic (exact) mass is 298 g/mol. The lowest BCUT2D eigenvalue weighted by Crippen LogP contribution is -2.12. The van der Waals surface area contributed by atoms with Crippen LogP contribution in [0.15, 0.2) is 22.8 Å². The zero-order valence-electron chi connectivity index (χ0n) is 10.4. The smallest absolute Gasteiger partial charge is 0.225 e. The second kappa shape index (κ2) is 7.43. The van der Waals surface area contributed by atoms with Crippen LogP contribution in [-0.2, 0) is 4.79 Å². The topological polar surface area (TPSA) is 42.0 Å². The highest BCUT2D eigenvalue weighted by atomic mass is 79.9. The van der Waals surface area contributed by atoms with Crippen molar-refractivity contribution in [3.05, 3.63) is 22.8 Å². The molecule has 0 aliphatic heterocycles. The Labute approximate surface area is 111 Å². The molecule has 3 nitrogen and oxygen atoms in total. The highest BCUT2D eigenvalue weighted by molar-refractivity contribution is 9.10. The van der Waals surface area contributed by atoms with Crippen molar-refractivity contribution in [3.63, 3.8) is 0 Å². The van der Waals surface area contributed by atoms with Crippen LogP contribution in [0.2, 0.25) is 0 Å². The summed E-state index contributed by atoms with van der Waals surface area (Å²) < 4.78 is 0.919. The minimum Gasteiger partial charge on any atom is -0.311 e. The van der Waals surface area contributed by atoms with Crippen LogP contribution in [0.4, 0.5) is 5.82 Å². The number of amides is 1. The average Bonchev–Trinajstić information content (AvgIpc) is 2.24. The number of aromatic nitrogens is 1. The van der Waals surface area contributed by atoms with Gasteiger partial charge in [-0.25, -0.2) is 4.98 Å². The lowest BCUT2D eigenvalue weighted by atomic mass is 10.1. The molecule has 0 bridgehead atoms. The molecule has 0 aliphatic rings. The fourth-order valence-corrected chi connectivity index (χ4v) is 1.85. The van der Waals surface area contributed by atoms with Crippen LogP contribution in [0.5, 0.6) is 0 Å². The second-order valence-electron chi connectivity index (χ2n) is 4.55. The Bertz CT molecular complexity index is 366. The number of pyridine rings is 1. The van der Waals surface area contributed by atoms with Crippen LogP contribution in [0.25, 0.3) is 0 Å². The molecule has 1 amide bonds. The lowest BCUT2D eigenvalue weighted by Gasteiger charge is -2.05. The maximum Gasteiger partial charge on any atom is 0.225 e. The number of rotatable bonds is 6. The Morgan fingerprint density at radius 2 is 2.24 bits per heavy atom. The quantitative estimate of drug-likeness (QED) is 0.807. The van der Waals surface area contributed by atoms with Gasteiger partial charge in [-0.1, -0.05) is 42.6 Å². The molecule has 0 saturated heterocycles. The number of anilines is 1. The van der Waals surface area contributed by atoms with Gasteiger partial charge in [0.15, 0.2) is 0 Å². The third-order valence-electron chi connectivity index (χ3n) is 2.42. The van der Waals surface area contributed by atoms with E-state index in [0.29, 0.717) is 18.2 Å². The van der Waals surface area contributed by atoms with Crippen molar-refractivity contribution < 1.29 is 4.79 Å². The summed E-state index contributed by atoms with van der Waals surface area (Å²) in [6.45, 7) is 4.40. The van der Waals surface area contributed by atoms with Crippen LogP contribution in [-0.4, -0.2) is 10.9 Å². The summed E-state index contributed by atoms with van der Waals surface area (Å²) in [7, 11) is 0. The highest BCUT2D eigenvalue weighted by Crippen LogP contribution is 2.13. The number of hydrogen-bond acceptors (Lipinski definition) is 2. The Hall–Kier alpha value is -0.900. The van der Waals surface area contributed by atoms with Crippen molar-refractivity contribution in [1.29, 1.82) is 0 Å². The van der Waals surface area contributed by atoms with Gasteiger partial charge in [-0.15, -0.1) is 0 Å². The predicted octanol–water partition coefficient (Wildman–Crippen LogP) is 4.00. The molecule has 1 aromatic rings. The number of hydrogen-bond donors (Lipinski definition) is 1. The number of nitrogens with zero attached hydrogens (tertiary/aromatic N) is 1. The molecule has 1 aromatic heterocycles. The van der Waals surface area contributed by atoms with E-state index in [-0.39, 0.29) is 5.91 Å². The van der Waals surface area contributed by atoms with Crippen molar-refractivity contribution in [1.82, 2.24) is 4.98 Å². The summed E-state index contributed by atoms with van der Waals surface area (Å²) in [6.07, 6.45) is 5.47. The van der Waals surface area contributed by atoms with Gasteiger partial charge in [0, 0.05) is 17.1 Å². The van der Waals surface area contributed by atoms with Crippen LogP contribution >= 0.6 is 15.9 Å². The molecule has 1 rings (SSSR count). The van der Waals surface area contributed by atoms with E-state index < -0.39 is 0 Å². The van der Waals surface area contributed by atoms with E-state index in [2.05, 4.69) is 40.1 Å². The molecule has 0 atom stereocenters. The molecule has 0 saturated carbocycles. The summed E-state index contributed by atoms with van der Waals surface area (Å²) in [5.41, 5.74) is 0. The van der Waals surface area contributed by atoms with Gasteiger partial charge in [0.2, 0.25) is 5.91 Å². The Morgan fingerprint density at radius 3 is 2.88 bits per heavy atom. The maximum atomic E-state index is 11.6. The molecule has 0 aliphatic carbocycles. The SMILES string of the molecule is CC(C)CCCCC(=O)Nc1cc(Br)ccn1. The van der Waals surface area contributed by atoms with Crippen LogP contribution in [0.3, 0.4) is 0 Å². The van der Waals surface area contributed by atoms with Crippen molar-refractivity contribution in [2.24, 2.45) is 5.92 Å². The van der Waals surface area contributed by atoms with Gasteiger partial charge in [0.25, 0.3) is 0 Å². The van der Waals surface area contributed by atoms with E-state index in [1.54, 1.807) is 12.3 Å². The molecule has 0 fully saturated rings. The number of nitrogens with one attached hydrogen (secondary N) is 1. The van der Waals surface area contributed by atoms with Crippen molar-refractivity contribution in [2.75, 3.05) is 5.32 Å². The molecule has 17 heavy (non-hydrogen) atoms. The van der Waals surface area contributed by atoms with Crippen molar-refractivity contribution >= 4 is 27.7 Å². The molecular weight excluding hydrogens is 280 g/mol. The van der Waals surface area contributed by atoms with Crippen molar-refractivity contribution in [2.45, 2.75) is 39.5 Å². The third kappa shape index (κ3) is 6.41. The van der Waals surface area contributed by atoms with E-state index in [1.165, 1.54) is 6.42 Å². The number of carbonyl (C=O) groups is 1. The maximum absolute atomic E-state index is 11.6. The van der Waals surface area contributed by atoms with Gasteiger partial charge in [-0.05, 0) is 24.5 Å². The molecule has 94 valence electrons. The third-order valence-corrected chi connectivity index (χ3v) is 2.92. The molecular formula is C13H19BrN2O. The first kappa shape index (κ1) is 14.2. The summed E-state index contributed by atoms with van der Waals surface area (Å²) in [5, 5.41) is 2.79. The van der Waals surface area contributed by atoms with Gasteiger partial charge in [0.05, 0.1) is 0 Å². The zero-order valence-corrected chi connectivity index (χ0v) is 12.0. The lowest BCUT2D eigenvalue weighted by molar-refractivity contribution is -0.116. The fourth-order valence-electron chi connectivity index (χ4n) is 1.52. The van der Waals surface area contributed by atoms with Crippen LogP contribution < -0.4 is 5.32 Å². The Kier molecular flexibility index (Phi) is 6.19. The summed E-state index contributed by atoms with van der Waals surface area (Å²) >= 11 is 3.34. The molecule has 4 heteroatoms. The van der Waals surface area contributed by atoms with E-state index >= 15 is 0 Å².